The number of allylic oxidation sites excluding steroid dienone is 1. The van der Waals surface area contributed by atoms with Gasteiger partial charge in [0.15, 0.2) is 0 Å². The summed E-state index contributed by atoms with van der Waals surface area (Å²) < 4.78 is 5.27. The third-order valence-corrected chi connectivity index (χ3v) is 3.17. The maximum absolute atomic E-state index is 11.8. The van der Waals surface area contributed by atoms with E-state index in [9.17, 15) is 4.79 Å². The Morgan fingerprint density at radius 3 is 2.11 bits per heavy atom. The van der Waals surface area contributed by atoms with Crippen LogP contribution in [0, 0.1) is 0 Å². The number of carbonyl (C=O) groups is 2. The summed E-state index contributed by atoms with van der Waals surface area (Å²) in [5.41, 5.74) is 5.19. The maximum Gasteiger partial charge on any atom is 0.410 e. The molecule has 1 rings (SSSR count). The highest BCUT2D eigenvalue weighted by molar-refractivity contribution is 5.67. The van der Waals surface area contributed by atoms with Gasteiger partial charge >= 0.3 is 6.09 Å². The molecule has 0 radical (unpaired) electrons. The number of rotatable bonds is 7. The molecule has 0 heterocycles. The summed E-state index contributed by atoms with van der Waals surface area (Å²) in [6, 6.07) is 9.74. The predicted octanol–water partition coefficient (Wildman–Crippen LogP) is 4.84. The van der Waals surface area contributed by atoms with E-state index in [0.717, 1.165) is 31.4 Å². The van der Waals surface area contributed by atoms with E-state index in [4.69, 9.17) is 9.53 Å². The van der Waals surface area contributed by atoms with Crippen LogP contribution >= 0.6 is 0 Å². The van der Waals surface area contributed by atoms with E-state index in [2.05, 4.69) is 31.2 Å². The highest BCUT2D eigenvalue weighted by Crippen LogP contribution is 2.04. The zero-order chi connectivity index (χ0) is 22.0. The van der Waals surface area contributed by atoms with E-state index in [-0.39, 0.29) is 12.5 Å². The second-order valence-electron chi connectivity index (χ2n) is 5.32. The van der Waals surface area contributed by atoms with Gasteiger partial charge in [-0.25, -0.2) is 4.79 Å². The van der Waals surface area contributed by atoms with Crippen molar-refractivity contribution in [2.75, 3.05) is 20.1 Å². The topological polar surface area (TPSA) is 85.0 Å². The Morgan fingerprint density at radius 1 is 1.25 bits per heavy atom. The van der Waals surface area contributed by atoms with E-state index in [1.165, 1.54) is 0 Å². The van der Waals surface area contributed by atoms with Crippen LogP contribution in [0.4, 0.5) is 4.79 Å². The molecule has 2 amide bonds. The van der Waals surface area contributed by atoms with Gasteiger partial charge < -0.3 is 20.4 Å². The molecule has 1 aromatic rings. The van der Waals surface area contributed by atoms with Crippen molar-refractivity contribution in [3.05, 3.63) is 48.6 Å². The van der Waals surface area contributed by atoms with Crippen molar-refractivity contribution in [3.63, 3.8) is 0 Å². The number of carbonyl (C=O) groups excluding carboxylic acids is 2. The van der Waals surface area contributed by atoms with E-state index in [0.29, 0.717) is 13.2 Å². The first-order valence-electron chi connectivity index (χ1n) is 9.61. The number of ether oxygens (including phenoxy) is 1. The lowest BCUT2D eigenvalue weighted by molar-refractivity contribution is -0.106. The van der Waals surface area contributed by atoms with Gasteiger partial charge in [-0.2, -0.15) is 0 Å². The monoisotopic (exact) mass is 393 g/mol. The molecule has 0 aliphatic rings. The van der Waals surface area contributed by atoms with E-state index < -0.39 is 0 Å². The van der Waals surface area contributed by atoms with Crippen LogP contribution in [0.25, 0.3) is 0 Å². The number of unbranched alkanes of at least 4 members (excludes halogenated alkanes) is 1. The summed E-state index contributed by atoms with van der Waals surface area (Å²) in [7, 11) is 1.75. The summed E-state index contributed by atoms with van der Waals surface area (Å²) in [5.74, 6) is 0. The van der Waals surface area contributed by atoms with Crippen molar-refractivity contribution >= 4 is 18.7 Å². The summed E-state index contributed by atoms with van der Waals surface area (Å²) in [6.45, 7) is 13.3. The van der Waals surface area contributed by atoms with Crippen molar-refractivity contribution in [3.8, 4) is 0 Å². The van der Waals surface area contributed by atoms with Gasteiger partial charge in [0.1, 0.15) is 6.61 Å². The molecule has 0 fully saturated rings. The minimum atomic E-state index is -0.218. The number of nitrogens with zero attached hydrogens (tertiary/aromatic N) is 2. The smallest absolute Gasteiger partial charge is 0.410 e. The molecule has 0 saturated carbocycles. The van der Waals surface area contributed by atoms with Crippen LogP contribution in [0.5, 0.6) is 0 Å². The Hall–Kier alpha value is -2.63. The molecule has 6 heteroatoms. The predicted molar refractivity (Wildman–Crippen MR) is 120 cm³/mol. The van der Waals surface area contributed by atoms with Crippen LogP contribution in [-0.4, -0.2) is 43.8 Å². The molecule has 6 nitrogen and oxygen atoms in total. The quantitative estimate of drug-likeness (QED) is 0.409. The number of amides is 2. The molecule has 28 heavy (non-hydrogen) atoms. The lowest BCUT2D eigenvalue weighted by Crippen LogP contribution is -2.32. The first kappa shape index (κ1) is 30.1. The van der Waals surface area contributed by atoms with Gasteiger partial charge in [-0.05, 0) is 38.5 Å². The fraction of sp³-hybridized carbons (Fsp3) is 0.500. The second-order valence-corrected chi connectivity index (χ2v) is 5.32. The third-order valence-electron chi connectivity index (χ3n) is 3.17. The summed E-state index contributed by atoms with van der Waals surface area (Å²) in [4.78, 5) is 25.7. The van der Waals surface area contributed by atoms with Gasteiger partial charge in [-0.15, -0.1) is 6.58 Å². The number of hydrogen-bond donors (Lipinski definition) is 1. The fourth-order valence-corrected chi connectivity index (χ4v) is 1.54. The molecule has 1 aromatic carbocycles. The van der Waals surface area contributed by atoms with Crippen LogP contribution < -0.4 is 5.73 Å². The van der Waals surface area contributed by atoms with Gasteiger partial charge in [-0.3, -0.25) is 4.79 Å². The average molecular weight is 394 g/mol. The van der Waals surface area contributed by atoms with Gasteiger partial charge in [0.05, 0.1) is 0 Å². The Labute approximate surface area is 171 Å². The molecule has 0 aliphatic heterocycles. The fourth-order valence-electron chi connectivity index (χ4n) is 1.54. The highest BCUT2D eigenvalue weighted by Gasteiger charge is 2.11. The number of primary amides is 1. The first-order chi connectivity index (χ1) is 13.5. The van der Waals surface area contributed by atoms with Crippen LogP contribution in [0.15, 0.2) is 48.0 Å². The Balaban J connectivity index is -0.000000469. The molecule has 0 bridgehead atoms. The molecular weight excluding hydrogens is 354 g/mol. The first-order valence-corrected chi connectivity index (χ1v) is 9.61. The van der Waals surface area contributed by atoms with Crippen LogP contribution in [0.1, 0.15) is 52.5 Å². The molecule has 0 aromatic heterocycles. The second kappa shape index (κ2) is 26.6. The zero-order valence-electron chi connectivity index (χ0n) is 18.3. The number of hydrogen-bond acceptors (Lipinski definition) is 4. The molecule has 160 valence electrons. The average Bonchev–Trinajstić information content (AvgIpc) is 2.74. The van der Waals surface area contributed by atoms with Crippen molar-refractivity contribution in [2.45, 2.75) is 53.6 Å². The minimum absolute atomic E-state index is 0.218. The van der Waals surface area contributed by atoms with Crippen molar-refractivity contribution in [1.82, 2.24) is 4.90 Å². The number of benzene rings is 1. The van der Waals surface area contributed by atoms with Crippen molar-refractivity contribution < 1.29 is 14.3 Å². The Bertz CT molecular complexity index is 487. The standard InChI is InChI=1S/C14H21NO2.C4H8.C3H7N.CH3NO/c1-3-5-11-15(4-2)14(16)17-12-13-9-7-6-8-10-13;2*1-3-4-2;2-1-3/h6-10H,3-5,11-12H2,1-2H3;3H,1,4H2,2H3;3H,1-2H3;1H,(H2,2,3). The van der Waals surface area contributed by atoms with E-state index in [1.807, 2.05) is 50.3 Å². The van der Waals surface area contributed by atoms with Crippen molar-refractivity contribution in [2.24, 2.45) is 10.7 Å². The van der Waals surface area contributed by atoms with Crippen LogP contribution in [-0.2, 0) is 16.1 Å². The molecule has 2 N–H and O–H groups in total. The van der Waals surface area contributed by atoms with E-state index >= 15 is 0 Å². The summed E-state index contributed by atoms with van der Waals surface area (Å²) in [5, 5.41) is 0. The highest BCUT2D eigenvalue weighted by atomic mass is 16.6. The van der Waals surface area contributed by atoms with Gasteiger partial charge in [0.25, 0.3) is 0 Å². The normalized spacial score (nSPS) is 8.75. The minimum Gasteiger partial charge on any atom is -0.445 e. The molecule has 0 aliphatic carbocycles. The van der Waals surface area contributed by atoms with Crippen molar-refractivity contribution in [1.29, 1.82) is 0 Å². The lowest BCUT2D eigenvalue weighted by atomic mass is 10.2. The molecule has 0 atom stereocenters. The number of aliphatic imine (C=N–C) groups is 1. The Kier molecular flexibility index (Phi) is 28.6. The summed E-state index contributed by atoms with van der Waals surface area (Å²) >= 11 is 0. The van der Waals surface area contributed by atoms with Crippen LogP contribution in [0.3, 0.4) is 0 Å². The Morgan fingerprint density at radius 2 is 1.75 bits per heavy atom. The van der Waals surface area contributed by atoms with E-state index in [1.54, 1.807) is 18.2 Å². The molecule has 0 spiro atoms. The zero-order valence-corrected chi connectivity index (χ0v) is 18.3. The molecule has 0 unspecified atom stereocenters. The molecular formula is C22H39N3O3. The lowest BCUT2D eigenvalue weighted by Gasteiger charge is -2.19. The van der Waals surface area contributed by atoms with Gasteiger partial charge in [0, 0.05) is 20.1 Å². The maximum atomic E-state index is 11.8. The largest absolute Gasteiger partial charge is 0.445 e. The van der Waals surface area contributed by atoms with Gasteiger partial charge in [-0.1, -0.05) is 56.7 Å². The van der Waals surface area contributed by atoms with Gasteiger partial charge in [0.2, 0.25) is 6.41 Å². The third kappa shape index (κ3) is 23.4. The molecule has 0 saturated heterocycles. The summed E-state index contributed by atoms with van der Waals surface area (Å²) in [6.07, 6.45) is 6.85. The number of nitrogens with two attached hydrogens (primary N) is 1. The SMILES string of the molecule is C=CCC.CC=NC.CCCCN(CC)C(=O)OCc1ccccc1.NC=O. The van der Waals surface area contributed by atoms with Crippen LogP contribution in [0.2, 0.25) is 0 Å².